The van der Waals surface area contributed by atoms with Gasteiger partial charge in [-0.1, -0.05) is 6.07 Å². The number of nitrogens with one attached hydrogen (secondary N) is 1. The molecule has 1 amide bonds. The Balaban J connectivity index is 2.43. The van der Waals surface area contributed by atoms with E-state index in [0.717, 1.165) is 22.4 Å². The van der Waals surface area contributed by atoms with E-state index in [4.69, 9.17) is 5.73 Å². The van der Waals surface area contributed by atoms with E-state index in [2.05, 4.69) is 26.1 Å². The molecule has 0 spiro atoms. The fraction of sp³-hybridized carbons (Fsp3) is 0.364. The highest BCUT2D eigenvalue weighted by atomic mass is 79.9. The lowest BCUT2D eigenvalue weighted by molar-refractivity contribution is -0.115. The van der Waals surface area contributed by atoms with Gasteiger partial charge in [-0.05, 0) is 28.1 Å². The second-order valence-electron chi connectivity index (χ2n) is 3.71. The number of para-hydroxylation sites is 1. The molecule has 0 bridgehead atoms. The third-order valence-corrected chi connectivity index (χ3v) is 3.22. The highest BCUT2D eigenvalue weighted by Gasteiger charge is 2.20. The first-order valence-corrected chi connectivity index (χ1v) is 6.05. The molecule has 4 nitrogen and oxygen atoms in total. The van der Waals surface area contributed by atoms with Gasteiger partial charge in [0.05, 0.1) is 11.4 Å². The summed E-state index contributed by atoms with van der Waals surface area (Å²) in [6.45, 7) is 2.04. The molecule has 0 fully saturated rings. The normalized spacial score (nSPS) is 15.4. The van der Waals surface area contributed by atoms with Gasteiger partial charge in [-0.15, -0.1) is 0 Å². The highest BCUT2D eigenvalue weighted by Crippen LogP contribution is 2.35. The van der Waals surface area contributed by atoms with Gasteiger partial charge in [-0.2, -0.15) is 0 Å². The van der Waals surface area contributed by atoms with Crippen molar-refractivity contribution in [1.82, 2.24) is 0 Å². The summed E-state index contributed by atoms with van der Waals surface area (Å²) in [7, 11) is 0. The zero-order chi connectivity index (χ0) is 11.5. The van der Waals surface area contributed by atoms with E-state index in [9.17, 15) is 4.79 Å². The van der Waals surface area contributed by atoms with E-state index >= 15 is 0 Å². The van der Waals surface area contributed by atoms with Crippen molar-refractivity contribution in [1.29, 1.82) is 0 Å². The molecule has 1 aliphatic rings. The van der Waals surface area contributed by atoms with Crippen LogP contribution >= 0.6 is 15.9 Å². The van der Waals surface area contributed by atoms with Gasteiger partial charge < -0.3 is 16.0 Å². The van der Waals surface area contributed by atoms with Crippen molar-refractivity contribution in [2.24, 2.45) is 5.73 Å². The summed E-state index contributed by atoms with van der Waals surface area (Å²) in [6, 6.07) is 5.79. The number of nitrogens with zero attached hydrogens (tertiary/aromatic N) is 1. The Hall–Kier alpha value is -1.07. The summed E-state index contributed by atoms with van der Waals surface area (Å²) in [5.74, 6) is 0.0545. The van der Waals surface area contributed by atoms with Gasteiger partial charge in [-0.3, -0.25) is 4.79 Å². The molecule has 2 rings (SSSR count). The molecule has 0 aromatic heterocycles. The lowest BCUT2D eigenvalue weighted by atomic mass is 10.2. The van der Waals surface area contributed by atoms with Crippen molar-refractivity contribution in [2.75, 3.05) is 29.9 Å². The van der Waals surface area contributed by atoms with E-state index < -0.39 is 0 Å². The molecule has 0 aliphatic carbocycles. The summed E-state index contributed by atoms with van der Waals surface area (Å²) in [6.07, 6.45) is 0.501. The number of benzene rings is 1. The molecule has 0 saturated carbocycles. The molecular weight excluding hydrogens is 270 g/mol. The smallest absolute Gasteiger partial charge is 0.226 e. The van der Waals surface area contributed by atoms with Crippen molar-refractivity contribution < 1.29 is 4.79 Å². The number of halogens is 1. The monoisotopic (exact) mass is 283 g/mol. The van der Waals surface area contributed by atoms with Crippen LogP contribution in [0.15, 0.2) is 22.7 Å². The van der Waals surface area contributed by atoms with Gasteiger partial charge in [-0.25, -0.2) is 0 Å². The van der Waals surface area contributed by atoms with Crippen LogP contribution in [0.5, 0.6) is 0 Å². The number of nitrogens with two attached hydrogens (primary N) is 1. The fourth-order valence-electron chi connectivity index (χ4n) is 1.88. The third kappa shape index (κ3) is 2.20. The van der Waals surface area contributed by atoms with Gasteiger partial charge in [0, 0.05) is 30.5 Å². The minimum absolute atomic E-state index is 0.0545. The van der Waals surface area contributed by atoms with Crippen LogP contribution in [0.3, 0.4) is 0 Å². The molecular formula is C11H14BrN3O. The standard InChI is InChI=1S/C11H14BrN3O/c12-8-2-1-3-9-11(8)15(7-5-13)6-4-10(16)14-9/h1-3H,4-7,13H2,(H,14,16). The molecule has 1 aliphatic heterocycles. The van der Waals surface area contributed by atoms with Crippen LogP contribution < -0.4 is 16.0 Å². The number of hydrogen-bond acceptors (Lipinski definition) is 3. The van der Waals surface area contributed by atoms with Crippen molar-refractivity contribution in [3.63, 3.8) is 0 Å². The maximum absolute atomic E-state index is 11.5. The molecule has 1 aromatic rings. The number of amides is 1. The SMILES string of the molecule is NCCN1CCC(=O)Nc2cccc(Br)c21. The predicted molar refractivity (Wildman–Crippen MR) is 68.7 cm³/mol. The minimum Gasteiger partial charge on any atom is -0.367 e. The van der Waals surface area contributed by atoms with Crippen molar-refractivity contribution >= 4 is 33.2 Å². The summed E-state index contributed by atoms with van der Waals surface area (Å²) in [5.41, 5.74) is 7.47. The topological polar surface area (TPSA) is 58.4 Å². The number of carbonyl (C=O) groups is 1. The van der Waals surface area contributed by atoms with E-state index in [0.29, 0.717) is 19.5 Å². The molecule has 1 aromatic carbocycles. The summed E-state index contributed by atoms with van der Waals surface area (Å²) >= 11 is 3.51. The number of fused-ring (bicyclic) bond motifs is 1. The van der Waals surface area contributed by atoms with Gasteiger partial charge >= 0.3 is 0 Å². The average Bonchev–Trinajstić information content (AvgIpc) is 2.40. The molecule has 16 heavy (non-hydrogen) atoms. The molecule has 3 N–H and O–H groups in total. The quantitative estimate of drug-likeness (QED) is 0.866. The largest absolute Gasteiger partial charge is 0.367 e. The lowest BCUT2D eigenvalue weighted by Crippen LogP contribution is -2.30. The number of hydrogen-bond donors (Lipinski definition) is 2. The molecule has 0 unspecified atom stereocenters. The number of carbonyl (C=O) groups excluding carboxylic acids is 1. The maximum Gasteiger partial charge on any atom is 0.226 e. The first-order chi connectivity index (χ1) is 7.72. The lowest BCUT2D eigenvalue weighted by Gasteiger charge is -2.24. The molecule has 0 atom stereocenters. The second-order valence-corrected chi connectivity index (χ2v) is 4.56. The Morgan fingerprint density at radius 2 is 2.31 bits per heavy atom. The van der Waals surface area contributed by atoms with Gasteiger partial charge in [0.2, 0.25) is 5.91 Å². The zero-order valence-electron chi connectivity index (χ0n) is 8.87. The third-order valence-electron chi connectivity index (χ3n) is 2.58. The second kappa shape index (κ2) is 4.84. The van der Waals surface area contributed by atoms with Crippen LogP contribution in [-0.2, 0) is 4.79 Å². The van der Waals surface area contributed by atoms with Gasteiger partial charge in [0.25, 0.3) is 0 Å². The number of rotatable bonds is 2. The van der Waals surface area contributed by atoms with Crippen LogP contribution in [-0.4, -0.2) is 25.5 Å². The van der Waals surface area contributed by atoms with Crippen molar-refractivity contribution in [2.45, 2.75) is 6.42 Å². The van der Waals surface area contributed by atoms with Crippen LogP contribution in [0, 0.1) is 0 Å². The van der Waals surface area contributed by atoms with E-state index in [-0.39, 0.29) is 5.91 Å². The number of anilines is 2. The molecule has 5 heteroatoms. The fourth-order valence-corrected chi connectivity index (χ4v) is 2.50. The Kier molecular flexibility index (Phi) is 3.46. The average molecular weight is 284 g/mol. The van der Waals surface area contributed by atoms with Crippen LogP contribution in [0.1, 0.15) is 6.42 Å². The Labute approximate surface area is 103 Å². The van der Waals surface area contributed by atoms with E-state index in [1.807, 2.05) is 18.2 Å². The first-order valence-electron chi connectivity index (χ1n) is 5.25. The maximum atomic E-state index is 11.5. The van der Waals surface area contributed by atoms with Crippen LogP contribution in [0.25, 0.3) is 0 Å². The van der Waals surface area contributed by atoms with Crippen molar-refractivity contribution in [3.05, 3.63) is 22.7 Å². The summed E-state index contributed by atoms with van der Waals surface area (Å²) in [5, 5.41) is 2.90. The Morgan fingerprint density at radius 1 is 1.50 bits per heavy atom. The Bertz CT molecular complexity index is 408. The van der Waals surface area contributed by atoms with Gasteiger partial charge in [0.1, 0.15) is 0 Å². The zero-order valence-corrected chi connectivity index (χ0v) is 10.5. The molecule has 86 valence electrons. The van der Waals surface area contributed by atoms with E-state index in [1.165, 1.54) is 0 Å². The molecule has 0 saturated heterocycles. The van der Waals surface area contributed by atoms with Crippen LogP contribution in [0.2, 0.25) is 0 Å². The molecule has 0 radical (unpaired) electrons. The first kappa shape index (κ1) is 11.4. The van der Waals surface area contributed by atoms with Gasteiger partial charge in [0.15, 0.2) is 0 Å². The highest BCUT2D eigenvalue weighted by molar-refractivity contribution is 9.10. The van der Waals surface area contributed by atoms with Crippen LogP contribution in [0.4, 0.5) is 11.4 Å². The van der Waals surface area contributed by atoms with Crippen molar-refractivity contribution in [3.8, 4) is 0 Å². The predicted octanol–water partition coefficient (Wildman–Crippen LogP) is 1.56. The summed E-state index contributed by atoms with van der Waals surface area (Å²) < 4.78 is 0.987. The Morgan fingerprint density at radius 3 is 3.06 bits per heavy atom. The minimum atomic E-state index is 0.0545. The van der Waals surface area contributed by atoms with E-state index in [1.54, 1.807) is 0 Å². The summed E-state index contributed by atoms with van der Waals surface area (Å²) in [4.78, 5) is 13.7. The molecule has 1 heterocycles.